The Bertz CT molecular complexity index is 656. The quantitative estimate of drug-likeness (QED) is 0.932. The number of rotatable bonds is 3. The van der Waals surface area contributed by atoms with Crippen LogP contribution in [-0.2, 0) is 6.42 Å². The van der Waals surface area contributed by atoms with Gasteiger partial charge in [0, 0.05) is 10.2 Å². The second-order valence-corrected chi connectivity index (χ2v) is 5.42. The first-order valence-corrected chi connectivity index (χ1v) is 7.22. The van der Waals surface area contributed by atoms with Crippen LogP contribution in [0.3, 0.4) is 0 Å². The molecule has 0 aliphatic heterocycles. The van der Waals surface area contributed by atoms with Gasteiger partial charge in [0.15, 0.2) is 0 Å². The predicted molar refractivity (Wildman–Crippen MR) is 83.0 cm³/mol. The Labute approximate surface area is 126 Å². The zero-order valence-electron chi connectivity index (χ0n) is 11.7. The molecule has 4 nitrogen and oxygen atoms in total. The lowest BCUT2D eigenvalue weighted by atomic mass is 10.1. The Balaban J connectivity index is 2.33. The highest BCUT2D eigenvalue weighted by atomic mass is 79.9. The molecule has 2 rings (SSSR count). The van der Waals surface area contributed by atoms with Crippen molar-refractivity contribution in [2.45, 2.75) is 27.2 Å². The maximum absolute atomic E-state index is 12.4. The molecule has 0 aliphatic rings. The summed E-state index contributed by atoms with van der Waals surface area (Å²) in [6, 6.07) is 7.49. The lowest BCUT2D eigenvalue weighted by Gasteiger charge is -2.11. The van der Waals surface area contributed by atoms with Crippen LogP contribution in [0.2, 0.25) is 0 Å². The van der Waals surface area contributed by atoms with Crippen molar-refractivity contribution in [2.75, 3.05) is 5.32 Å². The van der Waals surface area contributed by atoms with Gasteiger partial charge in [-0.1, -0.05) is 28.9 Å². The average molecular weight is 334 g/mol. The van der Waals surface area contributed by atoms with E-state index in [1.807, 2.05) is 39.0 Å². The lowest BCUT2D eigenvalue weighted by Crippen LogP contribution is -2.16. The van der Waals surface area contributed by atoms with Gasteiger partial charge < -0.3 is 5.32 Å². The first-order valence-electron chi connectivity index (χ1n) is 6.42. The highest BCUT2D eigenvalue weighted by molar-refractivity contribution is 9.10. The Hall–Kier alpha value is -1.75. The molecule has 1 amide bonds. The van der Waals surface area contributed by atoms with Crippen LogP contribution in [0.25, 0.3) is 0 Å². The summed E-state index contributed by atoms with van der Waals surface area (Å²) in [6.07, 6.45) is 0.674. The Morgan fingerprint density at radius 3 is 2.75 bits per heavy atom. The number of carbonyl (C=O) groups is 1. The highest BCUT2D eigenvalue weighted by Crippen LogP contribution is 2.24. The van der Waals surface area contributed by atoms with Crippen molar-refractivity contribution in [2.24, 2.45) is 0 Å². The Kier molecular flexibility index (Phi) is 4.49. The summed E-state index contributed by atoms with van der Waals surface area (Å²) in [5.74, 6) is -0.152. The standard InChI is InChI=1S/C15H16BrN3O/c1-4-13-11(8-9(2)18-19-13)15(20)17-14-7-5-6-12(16)10(14)3/h5-8H,4H2,1-3H3,(H,17,20). The van der Waals surface area contributed by atoms with E-state index in [0.29, 0.717) is 17.7 Å². The molecule has 0 saturated carbocycles. The number of hydrogen-bond acceptors (Lipinski definition) is 3. The molecule has 0 atom stereocenters. The molecule has 5 heteroatoms. The van der Waals surface area contributed by atoms with Crippen LogP contribution in [0.4, 0.5) is 5.69 Å². The molecule has 0 spiro atoms. The van der Waals surface area contributed by atoms with Crippen molar-refractivity contribution in [1.82, 2.24) is 10.2 Å². The zero-order valence-corrected chi connectivity index (χ0v) is 13.3. The number of nitrogens with one attached hydrogen (secondary N) is 1. The number of aryl methyl sites for hydroxylation is 2. The lowest BCUT2D eigenvalue weighted by molar-refractivity contribution is 0.102. The average Bonchev–Trinajstić information content (AvgIpc) is 2.43. The summed E-state index contributed by atoms with van der Waals surface area (Å²) in [6.45, 7) is 5.74. The number of anilines is 1. The number of nitrogens with zero attached hydrogens (tertiary/aromatic N) is 2. The molecule has 2 aromatic rings. The van der Waals surface area contributed by atoms with E-state index in [-0.39, 0.29) is 5.91 Å². The van der Waals surface area contributed by atoms with E-state index in [4.69, 9.17) is 0 Å². The largest absolute Gasteiger partial charge is 0.322 e. The first kappa shape index (κ1) is 14.7. The molecule has 0 aliphatic carbocycles. The number of aromatic nitrogens is 2. The van der Waals surface area contributed by atoms with Gasteiger partial charge in [-0.2, -0.15) is 10.2 Å². The van der Waals surface area contributed by atoms with Crippen molar-refractivity contribution in [1.29, 1.82) is 0 Å². The van der Waals surface area contributed by atoms with E-state index < -0.39 is 0 Å². The van der Waals surface area contributed by atoms with Crippen LogP contribution < -0.4 is 5.32 Å². The SMILES string of the molecule is CCc1nnc(C)cc1C(=O)Nc1cccc(Br)c1C. The summed E-state index contributed by atoms with van der Waals surface area (Å²) in [5.41, 5.74) is 3.82. The number of benzene rings is 1. The molecule has 1 N–H and O–H groups in total. The second-order valence-electron chi connectivity index (χ2n) is 4.57. The summed E-state index contributed by atoms with van der Waals surface area (Å²) in [5, 5.41) is 11.0. The highest BCUT2D eigenvalue weighted by Gasteiger charge is 2.14. The molecular weight excluding hydrogens is 318 g/mol. The molecule has 0 saturated heterocycles. The Morgan fingerprint density at radius 1 is 1.30 bits per heavy atom. The fraction of sp³-hybridized carbons (Fsp3) is 0.267. The van der Waals surface area contributed by atoms with E-state index >= 15 is 0 Å². The number of amides is 1. The maximum atomic E-state index is 12.4. The second kappa shape index (κ2) is 6.13. The summed E-state index contributed by atoms with van der Waals surface area (Å²) in [7, 11) is 0. The monoisotopic (exact) mass is 333 g/mol. The van der Waals surface area contributed by atoms with Gasteiger partial charge in [-0.05, 0) is 44.0 Å². The summed E-state index contributed by atoms with van der Waals surface area (Å²) < 4.78 is 0.968. The zero-order chi connectivity index (χ0) is 14.7. The van der Waals surface area contributed by atoms with Gasteiger partial charge in [0.2, 0.25) is 0 Å². The molecule has 1 aromatic heterocycles. The Morgan fingerprint density at radius 2 is 2.05 bits per heavy atom. The molecular formula is C15H16BrN3O. The van der Waals surface area contributed by atoms with Gasteiger partial charge in [-0.3, -0.25) is 4.79 Å². The fourth-order valence-corrected chi connectivity index (χ4v) is 2.27. The van der Waals surface area contributed by atoms with Gasteiger partial charge in [0.1, 0.15) is 0 Å². The molecule has 20 heavy (non-hydrogen) atoms. The van der Waals surface area contributed by atoms with Crippen LogP contribution in [-0.4, -0.2) is 16.1 Å². The molecule has 1 heterocycles. The number of hydrogen-bond donors (Lipinski definition) is 1. The smallest absolute Gasteiger partial charge is 0.257 e. The van der Waals surface area contributed by atoms with E-state index in [1.165, 1.54) is 0 Å². The van der Waals surface area contributed by atoms with Crippen LogP contribution in [0, 0.1) is 13.8 Å². The molecule has 104 valence electrons. The molecule has 0 unspecified atom stereocenters. The van der Waals surface area contributed by atoms with E-state index in [9.17, 15) is 4.79 Å². The number of carbonyl (C=O) groups excluding carboxylic acids is 1. The van der Waals surface area contributed by atoms with Crippen molar-refractivity contribution >= 4 is 27.5 Å². The van der Waals surface area contributed by atoms with Crippen LogP contribution in [0.15, 0.2) is 28.7 Å². The first-order chi connectivity index (χ1) is 9.52. The van der Waals surface area contributed by atoms with Crippen molar-refractivity contribution in [3.05, 3.63) is 51.3 Å². The molecule has 0 radical (unpaired) electrons. The summed E-state index contributed by atoms with van der Waals surface area (Å²) in [4.78, 5) is 12.4. The van der Waals surface area contributed by atoms with Gasteiger partial charge >= 0.3 is 0 Å². The van der Waals surface area contributed by atoms with Crippen molar-refractivity contribution in [3.63, 3.8) is 0 Å². The van der Waals surface area contributed by atoms with Crippen molar-refractivity contribution in [3.8, 4) is 0 Å². The predicted octanol–water partition coefficient (Wildman–Crippen LogP) is 3.67. The van der Waals surface area contributed by atoms with Gasteiger partial charge in [-0.15, -0.1) is 0 Å². The minimum atomic E-state index is -0.152. The van der Waals surface area contributed by atoms with Crippen LogP contribution in [0.5, 0.6) is 0 Å². The minimum Gasteiger partial charge on any atom is -0.322 e. The van der Waals surface area contributed by atoms with Gasteiger partial charge in [0.25, 0.3) is 5.91 Å². The van der Waals surface area contributed by atoms with Crippen molar-refractivity contribution < 1.29 is 4.79 Å². The fourth-order valence-electron chi connectivity index (χ4n) is 1.90. The van der Waals surface area contributed by atoms with E-state index in [1.54, 1.807) is 6.07 Å². The van der Waals surface area contributed by atoms with Gasteiger partial charge in [0.05, 0.1) is 17.0 Å². The molecule has 0 bridgehead atoms. The third kappa shape index (κ3) is 3.04. The topological polar surface area (TPSA) is 54.9 Å². The number of halogens is 1. The van der Waals surface area contributed by atoms with Crippen LogP contribution >= 0.6 is 15.9 Å². The normalized spacial score (nSPS) is 10.4. The van der Waals surface area contributed by atoms with E-state index in [2.05, 4.69) is 31.4 Å². The molecule has 0 fully saturated rings. The third-order valence-corrected chi connectivity index (χ3v) is 3.95. The van der Waals surface area contributed by atoms with Crippen LogP contribution in [0.1, 0.15) is 34.2 Å². The summed E-state index contributed by atoms with van der Waals surface area (Å²) >= 11 is 3.46. The third-order valence-electron chi connectivity index (χ3n) is 3.09. The minimum absolute atomic E-state index is 0.152. The molecule has 1 aromatic carbocycles. The van der Waals surface area contributed by atoms with Gasteiger partial charge in [-0.25, -0.2) is 0 Å². The maximum Gasteiger partial charge on any atom is 0.257 e. The van der Waals surface area contributed by atoms with E-state index in [0.717, 1.165) is 21.4 Å².